The molecule has 1 fully saturated rings. The third kappa shape index (κ3) is 4.54. The summed E-state index contributed by atoms with van der Waals surface area (Å²) in [7, 11) is 0. The van der Waals surface area contributed by atoms with Crippen LogP contribution in [0.2, 0.25) is 0 Å². The quantitative estimate of drug-likeness (QED) is 0.849. The van der Waals surface area contributed by atoms with Gasteiger partial charge in [-0.1, -0.05) is 26.2 Å². The van der Waals surface area contributed by atoms with Gasteiger partial charge in [-0.3, -0.25) is 0 Å². The number of nitrogen functional groups attached to an aromatic ring is 1. The number of nitrogens with two attached hydrogens (primary N) is 1. The van der Waals surface area contributed by atoms with Gasteiger partial charge in [-0.15, -0.1) is 4.98 Å². The maximum atomic E-state index is 5.62. The van der Waals surface area contributed by atoms with E-state index in [9.17, 15) is 0 Å². The summed E-state index contributed by atoms with van der Waals surface area (Å²) in [6.07, 6.45) is 7.25. The van der Waals surface area contributed by atoms with E-state index in [2.05, 4.69) is 15.0 Å². The first-order valence-electron chi connectivity index (χ1n) is 7.05. The number of hydrogen-bond donors (Lipinski definition) is 1. The number of ether oxygens (including phenoxy) is 2. The summed E-state index contributed by atoms with van der Waals surface area (Å²) in [5.74, 6) is 0.742. The van der Waals surface area contributed by atoms with Crippen molar-refractivity contribution in [2.24, 2.45) is 5.92 Å². The molecule has 0 unspecified atom stereocenters. The smallest absolute Gasteiger partial charge is 0.324 e. The van der Waals surface area contributed by atoms with E-state index < -0.39 is 0 Å². The molecule has 1 aliphatic carbocycles. The van der Waals surface area contributed by atoms with Crippen molar-refractivity contribution in [3.05, 3.63) is 0 Å². The average Bonchev–Trinajstić information content (AvgIpc) is 2.43. The summed E-state index contributed by atoms with van der Waals surface area (Å²) in [6, 6.07) is 0.511. The van der Waals surface area contributed by atoms with Gasteiger partial charge in [0, 0.05) is 0 Å². The van der Waals surface area contributed by atoms with Crippen LogP contribution in [-0.4, -0.2) is 28.2 Å². The molecule has 6 heteroatoms. The van der Waals surface area contributed by atoms with Crippen molar-refractivity contribution in [1.29, 1.82) is 0 Å². The molecule has 1 aromatic heterocycles. The summed E-state index contributed by atoms with van der Waals surface area (Å²) in [5.41, 5.74) is 5.62. The second-order valence-electron chi connectivity index (χ2n) is 4.92. The topological polar surface area (TPSA) is 83.2 Å². The highest BCUT2D eigenvalue weighted by atomic mass is 16.5. The second kappa shape index (κ2) is 7.11. The van der Waals surface area contributed by atoms with Crippen LogP contribution in [0.15, 0.2) is 0 Å². The molecule has 106 valence electrons. The average molecular weight is 266 g/mol. The molecule has 1 heterocycles. The van der Waals surface area contributed by atoms with Gasteiger partial charge in [-0.05, 0) is 25.2 Å². The van der Waals surface area contributed by atoms with Gasteiger partial charge in [0.15, 0.2) is 0 Å². The second-order valence-corrected chi connectivity index (χ2v) is 4.92. The molecule has 0 spiro atoms. The standard InChI is InChI=1S/C13H22N4O2/c1-2-8-18-12-15-11(14)16-13(17-12)19-9-10-6-4-3-5-7-10/h10H,2-9H2,1H3,(H2,14,15,16,17). The number of anilines is 1. The molecule has 0 amide bonds. The van der Waals surface area contributed by atoms with Gasteiger partial charge in [0.25, 0.3) is 0 Å². The fourth-order valence-electron chi connectivity index (χ4n) is 2.22. The van der Waals surface area contributed by atoms with Gasteiger partial charge >= 0.3 is 12.0 Å². The van der Waals surface area contributed by atoms with Crippen molar-refractivity contribution in [3.63, 3.8) is 0 Å². The summed E-state index contributed by atoms with van der Waals surface area (Å²) >= 11 is 0. The summed E-state index contributed by atoms with van der Waals surface area (Å²) in [6.45, 7) is 3.23. The largest absolute Gasteiger partial charge is 0.463 e. The van der Waals surface area contributed by atoms with Crippen LogP contribution >= 0.6 is 0 Å². The highest BCUT2D eigenvalue weighted by molar-refractivity contribution is 5.20. The molecule has 6 nitrogen and oxygen atoms in total. The minimum atomic E-state index is 0.139. The van der Waals surface area contributed by atoms with Gasteiger partial charge in [0.2, 0.25) is 5.95 Å². The maximum Gasteiger partial charge on any atom is 0.324 e. The third-order valence-corrected chi connectivity index (χ3v) is 3.22. The van der Waals surface area contributed by atoms with Gasteiger partial charge in [0.05, 0.1) is 13.2 Å². The van der Waals surface area contributed by atoms with E-state index in [-0.39, 0.29) is 18.0 Å². The Morgan fingerprint density at radius 1 is 1.05 bits per heavy atom. The van der Waals surface area contributed by atoms with Crippen LogP contribution in [0.3, 0.4) is 0 Å². The van der Waals surface area contributed by atoms with Crippen LogP contribution in [0.25, 0.3) is 0 Å². The van der Waals surface area contributed by atoms with Crippen molar-refractivity contribution < 1.29 is 9.47 Å². The predicted molar refractivity (Wildman–Crippen MR) is 72.1 cm³/mol. The Balaban J connectivity index is 1.89. The first kappa shape index (κ1) is 13.8. The summed E-state index contributed by atoms with van der Waals surface area (Å²) in [5, 5.41) is 0. The minimum absolute atomic E-state index is 0.139. The Kier molecular flexibility index (Phi) is 5.18. The molecular formula is C13H22N4O2. The highest BCUT2D eigenvalue weighted by Gasteiger charge is 2.15. The van der Waals surface area contributed by atoms with Crippen LogP contribution in [-0.2, 0) is 0 Å². The van der Waals surface area contributed by atoms with Gasteiger partial charge in [0.1, 0.15) is 0 Å². The molecule has 0 aromatic carbocycles. The molecule has 1 saturated carbocycles. The van der Waals surface area contributed by atoms with Crippen LogP contribution in [0, 0.1) is 5.92 Å². The fraction of sp³-hybridized carbons (Fsp3) is 0.769. The van der Waals surface area contributed by atoms with Gasteiger partial charge in [-0.25, -0.2) is 0 Å². The van der Waals surface area contributed by atoms with Crippen LogP contribution in [0.1, 0.15) is 45.4 Å². The molecule has 19 heavy (non-hydrogen) atoms. The molecule has 1 aromatic rings. The lowest BCUT2D eigenvalue weighted by Gasteiger charge is -2.20. The monoisotopic (exact) mass is 266 g/mol. The maximum absolute atomic E-state index is 5.62. The Labute approximate surface area is 113 Å². The lowest BCUT2D eigenvalue weighted by atomic mass is 9.90. The Hall–Kier alpha value is -1.59. The first-order chi connectivity index (χ1) is 9.28. The molecule has 0 saturated heterocycles. The van der Waals surface area contributed by atoms with Crippen molar-refractivity contribution in [1.82, 2.24) is 15.0 Å². The number of aromatic nitrogens is 3. The zero-order valence-electron chi connectivity index (χ0n) is 11.5. The van der Waals surface area contributed by atoms with E-state index in [4.69, 9.17) is 15.2 Å². The van der Waals surface area contributed by atoms with Crippen molar-refractivity contribution in [3.8, 4) is 12.0 Å². The minimum Gasteiger partial charge on any atom is -0.463 e. The molecule has 2 rings (SSSR count). The lowest BCUT2D eigenvalue weighted by molar-refractivity contribution is 0.192. The van der Waals surface area contributed by atoms with E-state index >= 15 is 0 Å². The van der Waals surface area contributed by atoms with E-state index in [1.165, 1.54) is 32.1 Å². The van der Waals surface area contributed by atoms with Crippen LogP contribution in [0.5, 0.6) is 12.0 Å². The van der Waals surface area contributed by atoms with Gasteiger partial charge < -0.3 is 15.2 Å². The summed E-state index contributed by atoms with van der Waals surface area (Å²) < 4.78 is 11.0. The van der Waals surface area contributed by atoms with Crippen molar-refractivity contribution >= 4 is 5.95 Å². The zero-order chi connectivity index (χ0) is 13.5. The highest BCUT2D eigenvalue weighted by Crippen LogP contribution is 2.24. The van der Waals surface area contributed by atoms with Crippen LogP contribution < -0.4 is 15.2 Å². The van der Waals surface area contributed by atoms with E-state index in [0.717, 1.165) is 6.42 Å². The number of rotatable bonds is 6. The summed E-state index contributed by atoms with van der Waals surface area (Å²) in [4.78, 5) is 12.0. The molecule has 0 aliphatic heterocycles. The molecule has 2 N–H and O–H groups in total. The molecule has 1 aliphatic rings. The first-order valence-corrected chi connectivity index (χ1v) is 7.05. The van der Waals surface area contributed by atoms with Gasteiger partial charge in [-0.2, -0.15) is 9.97 Å². The SMILES string of the molecule is CCCOc1nc(N)nc(OCC2CCCCC2)n1. The van der Waals surface area contributed by atoms with Crippen molar-refractivity contribution in [2.45, 2.75) is 45.4 Å². The molecule has 0 radical (unpaired) electrons. The zero-order valence-corrected chi connectivity index (χ0v) is 11.5. The van der Waals surface area contributed by atoms with E-state index in [0.29, 0.717) is 19.1 Å². The number of nitrogens with zero attached hydrogens (tertiary/aromatic N) is 3. The third-order valence-electron chi connectivity index (χ3n) is 3.22. The Morgan fingerprint density at radius 2 is 1.74 bits per heavy atom. The van der Waals surface area contributed by atoms with Crippen LogP contribution in [0.4, 0.5) is 5.95 Å². The normalized spacial score (nSPS) is 16.3. The van der Waals surface area contributed by atoms with Crippen molar-refractivity contribution in [2.75, 3.05) is 18.9 Å². The lowest BCUT2D eigenvalue weighted by Crippen LogP contribution is -2.17. The number of hydrogen-bond acceptors (Lipinski definition) is 6. The molecule has 0 bridgehead atoms. The Morgan fingerprint density at radius 3 is 2.42 bits per heavy atom. The fourth-order valence-corrected chi connectivity index (χ4v) is 2.22. The Bertz CT molecular complexity index is 394. The molecular weight excluding hydrogens is 244 g/mol. The van der Waals surface area contributed by atoms with E-state index in [1.54, 1.807) is 0 Å². The predicted octanol–water partition coefficient (Wildman–Crippen LogP) is 2.20. The van der Waals surface area contributed by atoms with E-state index in [1.807, 2.05) is 6.92 Å². The molecule has 0 atom stereocenters.